The maximum atomic E-state index is 9.35. The lowest BCUT2D eigenvalue weighted by Crippen LogP contribution is -2.29. The van der Waals surface area contributed by atoms with E-state index >= 15 is 0 Å². The molecule has 5 nitrogen and oxygen atoms in total. The van der Waals surface area contributed by atoms with E-state index in [-0.39, 0.29) is 6.61 Å². The van der Waals surface area contributed by atoms with E-state index in [2.05, 4.69) is 28.1 Å². The molecule has 0 atom stereocenters. The molecule has 1 aromatic carbocycles. The minimum atomic E-state index is 0.120. The van der Waals surface area contributed by atoms with Gasteiger partial charge in [0.2, 0.25) is 0 Å². The molecule has 0 aliphatic heterocycles. The highest BCUT2D eigenvalue weighted by Gasteiger charge is 2.10. The lowest BCUT2D eigenvalue weighted by atomic mass is 10.1. The zero-order valence-corrected chi connectivity index (χ0v) is 13.5. The van der Waals surface area contributed by atoms with Crippen LogP contribution in [0.4, 0.5) is 0 Å². The minimum Gasteiger partial charge on any atom is -0.395 e. The molecule has 3 aromatic rings. The Balaban J connectivity index is 1.74. The number of aliphatic hydroxyl groups is 1. The van der Waals surface area contributed by atoms with Gasteiger partial charge in [-0.05, 0) is 24.1 Å². The van der Waals surface area contributed by atoms with Gasteiger partial charge in [0, 0.05) is 25.8 Å². The van der Waals surface area contributed by atoms with Gasteiger partial charge in [0.1, 0.15) is 11.7 Å². The number of imidazole rings is 1. The second-order valence-electron chi connectivity index (χ2n) is 5.74. The Hall–Kier alpha value is -2.68. The third-order valence-electron chi connectivity index (χ3n) is 4.07. The first kappa shape index (κ1) is 16.2. The lowest BCUT2D eigenvalue weighted by Gasteiger charge is -2.21. The van der Waals surface area contributed by atoms with Gasteiger partial charge in [-0.3, -0.25) is 4.90 Å². The SMILES string of the molecule is N#Cc1ccc2ncc(CN(CCO)CCc3ccccc3)n2c1. The van der Waals surface area contributed by atoms with E-state index in [1.54, 1.807) is 6.07 Å². The molecule has 0 saturated heterocycles. The van der Waals surface area contributed by atoms with Crippen molar-refractivity contribution in [2.75, 3.05) is 19.7 Å². The van der Waals surface area contributed by atoms with E-state index in [1.165, 1.54) is 5.56 Å². The Bertz CT molecular complexity index is 835. The highest BCUT2D eigenvalue weighted by molar-refractivity contribution is 5.44. The molecule has 0 spiro atoms. The van der Waals surface area contributed by atoms with Crippen molar-refractivity contribution in [3.63, 3.8) is 0 Å². The van der Waals surface area contributed by atoms with Gasteiger partial charge in [0.05, 0.1) is 24.1 Å². The van der Waals surface area contributed by atoms with Gasteiger partial charge in [-0.15, -0.1) is 0 Å². The van der Waals surface area contributed by atoms with Crippen molar-refractivity contribution < 1.29 is 5.11 Å². The summed E-state index contributed by atoms with van der Waals surface area (Å²) in [6.45, 7) is 2.27. The molecule has 122 valence electrons. The summed E-state index contributed by atoms with van der Waals surface area (Å²) < 4.78 is 1.95. The topological polar surface area (TPSA) is 64.6 Å². The smallest absolute Gasteiger partial charge is 0.137 e. The number of nitrogens with zero attached hydrogens (tertiary/aromatic N) is 4. The molecule has 24 heavy (non-hydrogen) atoms. The van der Waals surface area contributed by atoms with E-state index in [0.29, 0.717) is 18.7 Å². The molecule has 0 aliphatic carbocycles. The van der Waals surface area contributed by atoms with E-state index < -0.39 is 0 Å². The molecule has 1 N–H and O–H groups in total. The Morgan fingerprint density at radius 3 is 2.71 bits per heavy atom. The van der Waals surface area contributed by atoms with Gasteiger partial charge >= 0.3 is 0 Å². The predicted octanol–water partition coefficient (Wildman–Crippen LogP) is 2.24. The average Bonchev–Trinajstić information content (AvgIpc) is 3.03. The molecule has 0 bridgehead atoms. The van der Waals surface area contributed by atoms with Gasteiger partial charge in [0.15, 0.2) is 0 Å². The number of rotatable bonds is 7. The lowest BCUT2D eigenvalue weighted by molar-refractivity contribution is 0.190. The summed E-state index contributed by atoms with van der Waals surface area (Å²) in [6, 6.07) is 16.1. The van der Waals surface area contributed by atoms with Crippen molar-refractivity contribution >= 4 is 5.65 Å². The monoisotopic (exact) mass is 320 g/mol. The molecule has 3 rings (SSSR count). The minimum absolute atomic E-state index is 0.120. The molecule has 0 saturated carbocycles. The summed E-state index contributed by atoms with van der Waals surface area (Å²) in [6.07, 6.45) is 4.58. The van der Waals surface area contributed by atoms with Crippen LogP contribution < -0.4 is 0 Å². The van der Waals surface area contributed by atoms with Gasteiger partial charge in [0.25, 0.3) is 0 Å². The first-order chi connectivity index (χ1) is 11.8. The van der Waals surface area contributed by atoms with Crippen LogP contribution in [-0.4, -0.2) is 39.1 Å². The summed E-state index contributed by atoms with van der Waals surface area (Å²) in [5.74, 6) is 0. The molecule has 0 fully saturated rings. The highest BCUT2D eigenvalue weighted by atomic mass is 16.3. The number of hydrogen-bond acceptors (Lipinski definition) is 4. The largest absolute Gasteiger partial charge is 0.395 e. The summed E-state index contributed by atoms with van der Waals surface area (Å²) >= 11 is 0. The van der Waals surface area contributed by atoms with E-state index in [0.717, 1.165) is 24.3 Å². The molecular formula is C19H20N4O. The zero-order chi connectivity index (χ0) is 16.8. The Morgan fingerprint density at radius 2 is 1.96 bits per heavy atom. The summed E-state index contributed by atoms with van der Waals surface area (Å²) in [4.78, 5) is 6.59. The highest BCUT2D eigenvalue weighted by Crippen LogP contribution is 2.12. The van der Waals surface area contributed by atoms with Crippen LogP contribution >= 0.6 is 0 Å². The average molecular weight is 320 g/mol. The maximum absolute atomic E-state index is 9.35. The number of fused-ring (bicyclic) bond motifs is 1. The molecule has 2 aromatic heterocycles. The predicted molar refractivity (Wildman–Crippen MR) is 92.4 cm³/mol. The fourth-order valence-corrected chi connectivity index (χ4v) is 2.79. The maximum Gasteiger partial charge on any atom is 0.137 e. The van der Waals surface area contributed by atoms with Crippen molar-refractivity contribution in [3.05, 3.63) is 71.7 Å². The van der Waals surface area contributed by atoms with Gasteiger partial charge in [-0.25, -0.2) is 4.98 Å². The number of pyridine rings is 1. The van der Waals surface area contributed by atoms with Crippen LogP contribution in [0.3, 0.4) is 0 Å². The Morgan fingerprint density at radius 1 is 1.12 bits per heavy atom. The third-order valence-corrected chi connectivity index (χ3v) is 4.07. The van der Waals surface area contributed by atoms with Crippen LogP contribution in [0, 0.1) is 11.3 Å². The standard InChI is InChI=1S/C19H20N4O/c20-12-17-6-7-19-21-13-18(23(19)14-17)15-22(10-11-24)9-8-16-4-2-1-3-5-16/h1-7,13-14,24H,8-11,15H2. The van der Waals surface area contributed by atoms with Crippen molar-refractivity contribution in [1.29, 1.82) is 5.26 Å². The number of aromatic nitrogens is 2. The second-order valence-corrected chi connectivity index (χ2v) is 5.74. The van der Waals surface area contributed by atoms with Gasteiger partial charge < -0.3 is 9.51 Å². The van der Waals surface area contributed by atoms with Crippen LogP contribution in [0.1, 0.15) is 16.8 Å². The summed E-state index contributed by atoms with van der Waals surface area (Å²) in [5.41, 5.74) is 3.74. The zero-order valence-electron chi connectivity index (χ0n) is 13.5. The summed E-state index contributed by atoms with van der Waals surface area (Å²) in [7, 11) is 0. The van der Waals surface area contributed by atoms with Crippen molar-refractivity contribution in [1.82, 2.24) is 14.3 Å². The first-order valence-corrected chi connectivity index (χ1v) is 8.03. The van der Waals surface area contributed by atoms with Crippen LogP contribution in [-0.2, 0) is 13.0 Å². The van der Waals surface area contributed by atoms with E-state index in [1.807, 2.05) is 41.1 Å². The Kier molecular flexibility index (Phi) is 5.22. The van der Waals surface area contributed by atoms with Gasteiger partial charge in [-0.2, -0.15) is 5.26 Å². The number of nitriles is 1. The van der Waals surface area contributed by atoms with Crippen LogP contribution in [0.2, 0.25) is 0 Å². The third kappa shape index (κ3) is 3.80. The number of hydrogen-bond donors (Lipinski definition) is 1. The van der Waals surface area contributed by atoms with Crippen molar-refractivity contribution in [2.24, 2.45) is 0 Å². The molecule has 0 radical (unpaired) electrons. The quantitative estimate of drug-likeness (QED) is 0.725. The van der Waals surface area contributed by atoms with E-state index in [4.69, 9.17) is 5.26 Å². The molecule has 5 heteroatoms. The van der Waals surface area contributed by atoms with Crippen molar-refractivity contribution in [3.8, 4) is 6.07 Å². The number of benzene rings is 1. The fourth-order valence-electron chi connectivity index (χ4n) is 2.79. The summed E-state index contributed by atoms with van der Waals surface area (Å²) in [5, 5.41) is 18.4. The first-order valence-electron chi connectivity index (χ1n) is 8.03. The number of aliphatic hydroxyl groups excluding tert-OH is 1. The van der Waals surface area contributed by atoms with Crippen molar-refractivity contribution in [2.45, 2.75) is 13.0 Å². The fraction of sp³-hybridized carbons (Fsp3) is 0.263. The van der Waals surface area contributed by atoms with E-state index in [9.17, 15) is 5.11 Å². The van der Waals surface area contributed by atoms with Crippen LogP contribution in [0.5, 0.6) is 0 Å². The second kappa shape index (κ2) is 7.73. The van der Waals surface area contributed by atoms with Gasteiger partial charge in [-0.1, -0.05) is 30.3 Å². The van der Waals surface area contributed by atoms with Crippen LogP contribution in [0.25, 0.3) is 5.65 Å². The molecular weight excluding hydrogens is 300 g/mol. The van der Waals surface area contributed by atoms with Crippen LogP contribution in [0.15, 0.2) is 54.9 Å². The molecule has 0 aliphatic rings. The normalized spacial score (nSPS) is 11.0. The molecule has 0 unspecified atom stereocenters. The molecule has 0 amide bonds. The Labute approximate surface area is 141 Å². The molecule has 2 heterocycles.